The molecule has 0 fully saturated rings. The van der Waals surface area contributed by atoms with Crippen molar-refractivity contribution in [1.82, 2.24) is 0 Å². The van der Waals surface area contributed by atoms with E-state index >= 15 is 0 Å². The van der Waals surface area contributed by atoms with Gasteiger partial charge in [-0.15, -0.1) is 0 Å². The van der Waals surface area contributed by atoms with Gasteiger partial charge in [0.2, 0.25) is 0 Å². The van der Waals surface area contributed by atoms with Crippen LogP contribution in [0.25, 0.3) is 11.1 Å². The number of halogens is 2. The first-order valence-corrected chi connectivity index (χ1v) is 12.0. The van der Waals surface area contributed by atoms with Crippen LogP contribution in [0.4, 0.5) is 4.39 Å². The smallest absolute Gasteiger partial charge is 0.338 e. The van der Waals surface area contributed by atoms with E-state index in [1.165, 1.54) is 19.2 Å². The number of aliphatic imine (C=N–C) groups is 1. The summed E-state index contributed by atoms with van der Waals surface area (Å²) < 4.78 is 25.2. The van der Waals surface area contributed by atoms with Crippen LogP contribution in [0.5, 0.6) is 11.5 Å². The Hall–Kier alpha value is -3.97. The molecule has 1 aliphatic rings. The summed E-state index contributed by atoms with van der Waals surface area (Å²) >= 11 is 6.49. The molecule has 1 atom stereocenters. The number of benzene rings is 3. The van der Waals surface area contributed by atoms with Gasteiger partial charge in [0.25, 0.3) is 0 Å². The van der Waals surface area contributed by atoms with Crippen LogP contribution in [0.15, 0.2) is 71.7 Å². The van der Waals surface area contributed by atoms with Crippen LogP contribution in [0.1, 0.15) is 40.1 Å². The van der Waals surface area contributed by atoms with Crippen molar-refractivity contribution in [2.24, 2.45) is 4.99 Å². The number of methoxy groups -OCH3 is 1. The number of rotatable bonds is 9. The highest BCUT2D eigenvalue weighted by molar-refractivity contribution is 6.34. The van der Waals surface area contributed by atoms with Crippen LogP contribution in [-0.4, -0.2) is 41.8 Å². The molecule has 3 aromatic rings. The van der Waals surface area contributed by atoms with E-state index in [1.807, 2.05) is 13.8 Å². The molecular weight excluding hydrogens is 497 g/mol. The molecule has 4 rings (SSSR count). The molecule has 1 N–H and O–H groups in total. The van der Waals surface area contributed by atoms with E-state index in [0.29, 0.717) is 33.8 Å². The topological polar surface area (TPSA) is 85.2 Å². The predicted octanol–water partition coefficient (Wildman–Crippen LogP) is 6.44. The first kappa shape index (κ1) is 26.1. The number of carbonyl (C=O) groups is 2. The van der Waals surface area contributed by atoms with E-state index in [2.05, 4.69) is 4.99 Å². The van der Waals surface area contributed by atoms with Crippen molar-refractivity contribution < 1.29 is 28.6 Å². The van der Waals surface area contributed by atoms with Crippen molar-refractivity contribution in [3.05, 3.63) is 94.3 Å². The highest BCUT2D eigenvalue weighted by Gasteiger charge is 2.39. The third kappa shape index (κ3) is 5.42. The molecule has 0 radical (unpaired) electrons. The fourth-order valence-corrected chi connectivity index (χ4v) is 4.51. The molecule has 0 spiro atoms. The second kappa shape index (κ2) is 10.6. The Morgan fingerprint density at radius 2 is 1.78 bits per heavy atom. The first-order valence-electron chi connectivity index (χ1n) is 11.6. The van der Waals surface area contributed by atoms with Crippen LogP contribution in [0.3, 0.4) is 0 Å². The average Bonchev–Trinajstić information content (AvgIpc) is 3.33. The highest BCUT2D eigenvalue weighted by atomic mass is 35.5. The van der Waals surface area contributed by atoms with E-state index < -0.39 is 22.9 Å². The first-order chi connectivity index (χ1) is 17.6. The monoisotopic (exact) mass is 521 g/mol. The minimum absolute atomic E-state index is 0.0428. The molecule has 0 aromatic heterocycles. The predicted molar refractivity (Wildman–Crippen MR) is 141 cm³/mol. The van der Waals surface area contributed by atoms with Crippen LogP contribution in [0, 0.1) is 5.82 Å². The molecule has 0 bridgehead atoms. The number of carboxylic acids is 1. The van der Waals surface area contributed by atoms with Gasteiger partial charge >= 0.3 is 5.97 Å². The molecule has 0 saturated carbocycles. The molecular formula is C29H25ClFNO5. The van der Waals surface area contributed by atoms with Gasteiger partial charge in [-0.2, -0.15) is 0 Å². The largest absolute Gasteiger partial charge is 0.496 e. The maximum atomic E-state index is 13.9. The van der Waals surface area contributed by atoms with Gasteiger partial charge in [0, 0.05) is 18.2 Å². The number of Topliss-reactive ketones (excluding diaryl/α,β-unsaturated/α-hetero) is 1. The standard InChI is InChI=1S/C29H25ClFNO5/c1-17(2)37-21-7-8-22(24(30)15-21)27(33)29(11-4-12-32-29)16-20-13-18(6-10-26(20)36-3)19-5-9-25(31)23(14-19)28(34)35/h4-15,17H,16H2,1-3H3,(H,34,35). The van der Waals surface area contributed by atoms with Gasteiger partial charge < -0.3 is 14.6 Å². The fraction of sp³-hybridized carbons (Fsp3) is 0.207. The number of ether oxygens (including phenoxy) is 2. The van der Waals surface area contributed by atoms with Gasteiger partial charge in [0.15, 0.2) is 5.78 Å². The SMILES string of the molecule is COc1ccc(-c2ccc(F)c(C(=O)O)c2)cc1CC1(C(=O)c2ccc(OC(C)C)cc2Cl)C=CC=N1. The number of hydrogen-bond acceptors (Lipinski definition) is 5. The Kier molecular flexibility index (Phi) is 7.45. The van der Waals surface area contributed by atoms with Gasteiger partial charge in [-0.1, -0.05) is 23.7 Å². The van der Waals surface area contributed by atoms with Crippen molar-refractivity contribution in [3.8, 4) is 22.6 Å². The maximum Gasteiger partial charge on any atom is 0.338 e. The molecule has 0 aliphatic carbocycles. The third-order valence-electron chi connectivity index (χ3n) is 5.98. The molecule has 190 valence electrons. The van der Waals surface area contributed by atoms with Crippen molar-refractivity contribution in [3.63, 3.8) is 0 Å². The van der Waals surface area contributed by atoms with Crippen LogP contribution >= 0.6 is 11.6 Å². The van der Waals surface area contributed by atoms with Gasteiger partial charge in [-0.25, -0.2) is 9.18 Å². The summed E-state index contributed by atoms with van der Waals surface area (Å²) in [5.41, 5.74) is 0.433. The minimum atomic E-state index is -1.36. The number of carboxylic acid groups (broad SMARTS) is 1. The van der Waals surface area contributed by atoms with Gasteiger partial charge in [0.05, 0.1) is 23.8 Å². The van der Waals surface area contributed by atoms with Gasteiger partial charge in [0.1, 0.15) is 22.9 Å². The lowest BCUT2D eigenvalue weighted by molar-refractivity contribution is 0.0691. The van der Waals surface area contributed by atoms with Gasteiger partial charge in [-0.3, -0.25) is 9.79 Å². The lowest BCUT2D eigenvalue weighted by Gasteiger charge is -2.25. The van der Waals surface area contributed by atoms with E-state index in [1.54, 1.807) is 54.8 Å². The second-order valence-electron chi connectivity index (χ2n) is 8.90. The average molecular weight is 522 g/mol. The Morgan fingerprint density at radius 3 is 2.41 bits per heavy atom. The lowest BCUT2D eigenvalue weighted by atomic mass is 9.83. The van der Waals surface area contributed by atoms with Crippen molar-refractivity contribution in [1.29, 1.82) is 0 Å². The number of allylic oxidation sites excluding steroid dienone is 1. The summed E-state index contributed by atoms with van der Waals surface area (Å²) in [6.45, 7) is 3.80. The summed E-state index contributed by atoms with van der Waals surface area (Å²) in [5, 5.41) is 9.57. The molecule has 0 saturated heterocycles. The highest BCUT2D eigenvalue weighted by Crippen LogP contribution is 2.36. The zero-order valence-corrected chi connectivity index (χ0v) is 21.3. The summed E-state index contributed by atoms with van der Waals surface area (Å²) in [6.07, 6.45) is 5.11. The summed E-state index contributed by atoms with van der Waals surface area (Å²) in [4.78, 5) is 29.7. The van der Waals surface area contributed by atoms with Crippen molar-refractivity contribution in [2.75, 3.05) is 7.11 Å². The minimum Gasteiger partial charge on any atom is -0.496 e. The van der Waals surface area contributed by atoms with Crippen LogP contribution in [-0.2, 0) is 6.42 Å². The Bertz CT molecular complexity index is 1420. The number of aromatic carboxylic acids is 1. The normalized spacial score (nSPS) is 16.3. The van der Waals surface area contributed by atoms with E-state index in [9.17, 15) is 19.1 Å². The molecule has 1 aliphatic heterocycles. The number of carbonyl (C=O) groups excluding carboxylic acids is 1. The molecule has 0 amide bonds. The molecule has 1 unspecified atom stereocenters. The Labute approximate surface area is 219 Å². The number of hydrogen-bond donors (Lipinski definition) is 1. The number of ketones is 1. The Morgan fingerprint density at radius 1 is 1.05 bits per heavy atom. The third-order valence-corrected chi connectivity index (χ3v) is 6.30. The van der Waals surface area contributed by atoms with Gasteiger partial charge in [-0.05, 0) is 85.2 Å². The fourth-order valence-electron chi connectivity index (χ4n) is 4.25. The lowest BCUT2D eigenvalue weighted by Crippen LogP contribution is -2.36. The van der Waals surface area contributed by atoms with Crippen LogP contribution in [0.2, 0.25) is 5.02 Å². The molecule has 8 heteroatoms. The van der Waals surface area contributed by atoms with Crippen LogP contribution < -0.4 is 9.47 Å². The Balaban J connectivity index is 1.72. The molecule has 1 heterocycles. The zero-order chi connectivity index (χ0) is 26.7. The van der Waals surface area contributed by atoms with E-state index in [0.717, 1.165) is 6.07 Å². The van der Waals surface area contributed by atoms with E-state index in [4.69, 9.17) is 21.1 Å². The molecule has 3 aromatic carbocycles. The van der Waals surface area contributed by atoms with Crippen molar-refractivity contribution in [2.45, 2.75) is 31.9 Å². The molecule has 6 nitrogen and oxygen atoms in total. The quantitative estimate of drug-likeness (QED) is 0.327. The summed E-state index contributed by atoms with van der Waals surface area (Å²) in [5.74, 6) is -1.38. The molecule has 37 heavy (non-hydrogen) atoms. The number of nitrogens with zero attached hydrogens (tertiary/aromatic N) is 1. The summed E-state index contributed by atoms with van der Waals surface area (Å²) in [6, 6.07) is 14.1. The second-order valence-corrected chi connectivity index (χ2v) is 9.31. The maximum absolute atomic E-state index is 13.9. The van der Waals surface area contributed by atoms with E-state index in [-0.39, 0.29) is 23.3 Å². The summed E-state index contributed by atoms with van der Waals surface area (Å²) in [7, 11) is 1.52. The van der Waals surface area contributed by atoms with Crippen molar-refractivity contribution >= 4 is 29.6 Å². The zero-order valence-electron chi connectivity index (χ0n) is 20.5.